The highest BCUT2D eigenvalue weighted by atomic mass is 19.1. The highest BCUT2D eigenvalue weighted by Crippen LogP contribution is 2.18. The van der Waals surface area contributed by atoms with Gasteiger partial charge in [-0.3, -0.25) is 0 Å². The number of carboxylic acid groups (broad SMARTS) is 1. The van der Waals surface area contributed by atoms with E-state index in [2.05, 4.69) is 5.32 Å². The van der Waals surface area contributed by atoms with Crippen LogP contribution in [0.4, 0.5) is 10.1 Å². The standard InChI is InChI=1S/C12H16FNO2/c1-3-9(4-2)14-11-7-8(12(15)16)5-6-10(11)13/h5-7,9,14H,3-4H2,1-2H3,(H,15,16). The second-order valence-electron chi connectivity index (χ2n) is 3.66. The van der Waals surface area contributed by atoms with Crippen LogP contribution < -0.4 is 5.32 Å². The van der Waals surface area contributed by atoms with Gasteiger partial charge < -0.3 is 10.4 Å². The van der Waals surface area contributed by atoms with Crippen molar-refractivity contribution in [2.24, 2.45) is 0 Å². The molecule has 3 nitrogen and oxygen atoms in total. The minimum atomic E-state index is -1.05. The van der Waals surface area contributed by atoms with E-state index < -0.39 is 11.8 Å². The van der Waals surface area contributed by atoms with E-state index in [1.165, 1.54) is 18.2 Å². The van der Waals surface area contributed by atoms with Crippen molar-refractivity contribution in [3.05, 3.63) is 29.6 Å². The topological polar surface area (TPSA) is 49.3 Å². The second-order valence-corrected chi connectivity index (χ2v) is 3.66. The first-order valence-corrected chi connectivity index (χ1v) is 5.37. The van der Waals surface area contributed by atoms with Gasteiger partial charge in [-0.2, -0.15) is 0 Å². The molecule has 1 aromatic carbocycles. The summed E-state index contributed by atoms with van der Waals surface area (Å²) in [7, 11) is 0. The molecule has 1 aromatic rings. The number of aromatic carboxylic acids is 1. The molecule has 0 aliphatic heterocycles. The van der Waals surface area contributed by atoms with Crippen molar-refractivity contribution in [3.63, 3.8) is 0 Å². The monoisotopic (exact) mass is 225 g/mol. The van der Waals surface area contributed by atoms with Crippen molar-refractivity contribution in [3.8, 4) is 0 Å². The molecule has 0 aliphatic rings. The van der Waals surface area contributed by atoms with Crippen molar-refractivity contribution < 1.29 is 14.3 Å². The number of benzene rings is 1. The fourth-order valence-electron chi connectivity index (χ4n) is 1.48. The Kier molecular flexibility index (Phi) is 4.28. The lowest BCUT2D eigenvalue weighted by atomic mass is 10.1. The maximum atomic E-state index is 13.4. The summed E-state index contributed by atoms with van der Waals surface area (Å²) in [5, 5.41) is 11.8. The van der Waals surface area contributed by atoms with Crippen LogP contribution in [0.1, 0.15) is 37.0 Å². The number of carbonyl (C=O) groups is 1. The minimum absolute atomic E-state index is 0.0925. The number of anilines is 1. The smallest absolute Gasteiger partial charge is 0.335 e. The van der Waals surface area contributed by atoms with Crippen molar-refractivity contribution in [1.82, 2.24) is 0 Å². The summed E-state index contributed by atoms with van der Waals surface area (Å²) in [5.74, 6) is -1.47. The molecule has 1 rings (SSSR count). The van der Waals surface area contributed by atoms with Crippen molar-refractivity contribution in [2.45, 2.75) is 32.7 Å². The van der Waals surface area contributed by atoms with E-state index >= 15 is 0 Å². The van der Waals surface area contributed by atoms with Crippen molar-refractivity contribution in [2.75, 3.05) is 5.32 Å². The SMILES string of the molecule is CCC(CC)Nc1cc(C(=O)O)ccc1F. The van der Waals surface area contributed by atoms with Gasteiger partial charge >= 0.3 is 5.97 Å². The van der Waals surface area contributed by atoms with E-state index in [9.17, 15) is 9.18 Å². The zero-order valence-electron chi connectivity index (χ0n) is 9.46. The highest BCUT2D eigenvalue weighted by Gasteiger charge is 2.10. The van der Waals surface area contributed by atoms with Gasteiger partial charge in [0.2, 0.25) is 0 Å². The summed E-state index contributed by atoms with van der Waals surface area (Å²) in [6.07, 6.45) is 1.74. The summed E-state index contributed by atoms with van der Waals surface area (Å²) in [4.78, 5) is 10.7. The van der Waals surface area contributed by atoms with E-state index in [-0.39, 0.29) is 17.3 Å². The molecule has 0 spiro atoms. The lowest BCUT2D eigenvalue weighted by molar-refractivity contribution is 0.0697. The molecule has 0 amide bonds. The molecule has 0 saturated carbocycles. The molecule has 0 heterocycles. The maximum absolute atomic E-state index is 13.4. The largest absolute Gasteiger partial charge is 0.478 e. The van der Waals surface area contributed by atoms with Gasteiger partial charge in [-0.15, -0.1) is 0 Å². The maximum Gasteiger partial charge on any atom is 0.335 e. The number of halogens is 1. The van der Waals surface area contributed by atoms with Crippen LogP contribution in [-0.2, 0) is 0 Å². The van der Waals surface area contributed by atoms with E-state index in [1.54, 1.807) is 0 Å². The lowest BCUT2D eigenvalue weighted by Crippen LogP contribution is -2.18. The molecular formula is C12H16FNO2. The van der Waals surface area contributed by atoms with Crippen LogP contribution in [0.15, 0.2) is 18.2 Å². The normalized spacial score (nSPS) is 10.5. The first-order chi connectivity index (χ1) is 7.58. The minimum Gasteiger partial charge on any atom is -0.478 e. The van der Waals surface area contributed by atoms with E-state index in [0.29, 0.717) is 0 Å². The van der Waals surface area contributed by atoms with Gasteiger partial charge in [-0.25, -0.2) is 9.18 Å². The van der Waals surface area contributed by atoms with Gasteiger partial charge in [0, 0.05) is 6.04 Å². The third-order valence-electron chi connectivity index (χ3n) is 2.56. The number of nitrogens with one attached hydrogen (secondary N) is 1. The molecule has 16 heavy (non-hydrogen) atoms. The number of hydrogen-bond donors (Lipinski definition) is 2. The molecular weight excluding hydrogens is 209 g/mol. The molecule has 4 heteroatoms. The Bertz CT molecular complexity index is 375. The number of rotatable bonds is 5. The summed E-state index contributed by atoms with van der Waals surface area (Å²) < 4.78 is 13.4. The van der Waals surface area contributed by atoms with Gasteiger partial charge in [0.1, 0.15) is 5.82 Å². The molecule has 0 saturated heterocycles. The molecule has 2 N–H and O–H groups in total. The molecule has 0 aromatic heterocycles. The Morgan fingerprint density at radius 1 is 1.44 bits per heavy atom. The number of hydrogen-bond acceptors (Lipinski definition) is 2. The third-order valence-corrected chi connectivity index (χ3v) is 2.56. The third kappa shape index (κ3) is 2.95. The zero-order valence-corrected chi connectivity index (χ0v) is 9.46. The summed E-state index contributed by atoms with van der Waals surface area (Å²) in [6.45, 7) is 4.00. The molecule has 0 fully saturated rings. The predicted molar refractivity (Wildman–Crippen MR) is 61.4 cm³/mol. The van der Waals surface area contributed by atoms with Crippen LogP contribution in [0.5, 0.6) is 0 Å². The summed E-state index contributed by atoms with van der Waals surface area (Å²) in [5.41, 5.74) is 0.350. The van der Waals surface area contributed by atoms with Crippen LogP contribution in [0.2, 0.25) is 0 Å². The Hall–Kier alpha value is -1.58. The molecule has 0 atom stereocenters. The molecule has 0 radical (unpaired) electrons. The molecule has 0 aliphatic carbocycles. The van der Waals surface area contributed by atoms with Gasteiger partial charge in [0.15, 0.2) is 0 Å². The van der Waals surface area contributed by atoms with Crippen LogP contribution in [0.25, 0.3) is 0 Å². The Balaban J connectivity index is 2.93. The van der Waals surface area contributed by atoms with E-state index in [0.717, 1.165) is 12.8 Å². The van der Waals surface area contributed by atoms with Crippen LogP contribution in [0, 0.1) is 5.82 Å². The average molecular weight is 225 g/mol. The van der Waals surface area contributed by atoms with Gasteiger partial charge in [0.05, 0.1) is 11.3 Å². The number of carboxylic acids is 1. The van der Waals surface area contributed by atoms with Gasteiger partial charge in [-0.1, -0.05) is 13.8 Å². The Morgan fingerprint density at radius 2 is 2.06 bits per heavy atom. The average Bonchev–Trinajstić information content (AvgIpc) is 2.27. The molecule has 0 unspecified atom stereocenters. The first kappa shape index (κ1) is 12.5. The van der Waals surface area contributed by atoms with Crippen LogP contribution in [-0.4, -0.2) is 17.1 Å². The van der Waals surface area contributed by atoms with Crippen molar-refractivity contribution >= 4 is 11.7 Å². The predicted octanol–water partition coefficient (Wildman–Crippen LogP) is 3.12. The Labute approximate surface area is 94.3 Å². The van der Waals surface area contributed by atoms with E-state index in [4.69, 9.17) is 5.11 Å². The second kappa shape index (κ2) is 5.49. The van der Waals surface area contributed by atoms with Crippen LogP contribution >= 0.6 is 0 Å². The zero-order chi connectivity index (χ0) is 12.1. The highest BCUT2D eigenvalue weighted by molar-refractivity contribution is 5.88. The summed E-state index contributed by atoms with van der Waals surface area (Å²) in [6, 6.07) is 3.93. The summed E-state index contributed by atoms with van der Waals surface area (Å²) >= 11 is 0. The molecule has 0 bridgehead atoms. The fourth-order valence-corrected chi connectivity index (χ4v) is 1.48. The fraction of sp³-hybridized carbons (Fsp3) is 0.417. The lowest BCUT2D eigenvalue weighted by Gasteiger charge is -2.17. The van der Waals surface area contributed by atoms with Crippen molar-refractivity contribution in [1.29, 1.82) is 0 Å². The van der Waals surface area contributed by atoms with Crippen LogP contribution in [0.3, 0.4) is 0 Å². The van der Waals surface area contributed by atoms with E-state index in [1.807, 2.05) is 13.8 Å². The van der Waals surface area contributed by atoms with Gasteiger partial charge in [-0.05, 0) is 31.0 Å². The Morgan fingerprint density at radius 3 is 2.56 bits per heavy atom. The van der Waals surface area contributed by atoms with Gasteiger partial charge in [0.25, 0.3) is 0 Å². The first-order valence-electron chi connectivity index (χ1n) is 5.37. The quantitative estimate of drug-likeness (QED) is 0.809. The molecule has 88 valence electrons.